The van der Waals surface area contributed by atoms with Gasteiger partial charge in [0.1, 0.15) is 13.1 Å². The highest BCUT2D eigenvalue weighted by Crippen LogP contribution is 2.20. The van der Waals surface area contributed by atoms with E-state index in [-0.39, 0.29) is 5.75 Å². The van der Waals surface area contributed by atoms with Gasteiger partial charge in [-0.3, -0.25) is 14.4 Å². The molecule has 0 aromatic heterocycles. The third-order valence-electron chi connectivity index (χ3n) is 2.18. The molecule has 0 heterocycles. The summed E-state index contributed by atoms with van der Waals surface area (Å²) in [5.41, 5.74) is 0. The van der Waals surface area contributed by atoms with Crippen molar-refractivity contribution in [2.24, 2.45) is 0 Å². The summed E-state index contributed by atoms with van der Waals surface area (Å²) in [6.45, 7) is -1.24. The number of carbonyl (C=O) groups excluding carboxylic acids is 1. The van der Waals surface area contributed by atoms with Gasteiger partial charge in [0, 0.05) is 9.37 Å². The molecular formula is C12H12BrNO5S. The Morgan fingerprint density at radius 1 is 1.05 bits per heavy atom. The van der Waals surface area contributed by atoms with Crippen LogP contribution in [0.5, 0.6) is 0 Å². The number of amides is 1. The van der Waals surface area contributed by atoms with Crippen LogP contribution in [0, 0.1) is 0 Å². The van der Waals surface area contributed by atoms with E-state index in [4.69, 9.17) is 10.2 Å². The molecule has 0 aliphatic heterocycles. The first-order valence-electron chi connectivity index (χ1n) is 5.48. The maximum atomic E-state index is 11.8. The fourth-order valence-corrected chi connectivity index (χ4v) is 2.39. The standard InChI is InChI=1S/C12H12BrNO5S/c13-8-1-3-9(4-2-8)20-7-10(15)14(5-11(16)17)6-12(18)19/h1-4H,5-7H2,(H,16,17)(H,18,19). The second kappa shape index (κ2) is 7.91. The molecule has 1 rings (SSSR count). The van der Waals surface area contributed by atoms with Crippen LogP contribution in [-0.4, -0.2) is 51.8 Å². The zero-order valence-electron chi connectivity index (χ0n) is 10.3. The number of halogens is 1. The fourth-order valence-electron chi connectivity index (χ4n) is 1.33. The molecule has 0 aliphatic carbocycles. The topological polar surface area (TPSA) is 94.9 Å². The number of aliphatic carboxylic acids is 2. The Hall–Kier alpha value is -1.54. The largest absolute Gasteiger partial charge is 0.480 e. The Labute approximate surface area is 127 Å². The summed E-state index contributed by atoms with van der Waals surface area (Å²) in [7, 11) is 0. The summed E-state index contributed by atoms with van der Waals surface area (Å²) >= 11 is 4.51. The highest BCUT2D eigenvalue weighted by Gasteiger charge is 2.19. The van der Waals surface area contributed by atoms with Crippen LogP contribution in [0.2, 0.25) is 0 Å². The third kappa shape index (κ3) is 6.07. The Bertz CT molecular complexity index is 489. The lowest BCUT2D eigenvalue weighted by Gasteiger charge is -2.18. The minimum Gasteiger partial charge on any atom is -0.480 e. The van der Waals surface area contributed by atoms with Crippen molar-refractivity contribution >= 4 is 45.5 Å². The SMILES string of the molecule is O=C(O)CN(CC(=O)O)C(=O)CSc1ccc(Br)cc1. The van der Waals surface area contributed by atoms with Crippen molar-refractivity contribution in [1.82, 2.24) is 4.90 Å². The minimum absolute atomic E-state index is 0.0117. The number of rotatable bonds is 7. The molecule has 0 bridgehead atoms. The van der Waals surface area contributed by atoms with E-state index in [1.165, 1.54) is 11.8 Å². The molecule has 1 aromatic carbocycles. The first-order valence-corrected chi connectivity index (χ1v) is 7.26. The van der Waals surface area contributed by atoms with Gasteiger partial charge >= 0.3 is 11.9 Å². The molecule has 0 spiro atoms. The van der Waals surface area contributed by atoms with Gasteiger partial charge < -0.3 is 15.1 Å². The molecule has 1 amide bonds. The maximum Gasteiger partial charge on any atom is 0.323 e. The summed E-state index contributed by atoms with van der Waals surface area (Å²) in [4.78, 5) is 34.7. The lowest BCUT2D eigenvalue weighted by molar-refractivity contribution is -0.148. The van der Waals surface area contributed by atoms with E-state index in [9.17, 15) is 14.4 Å². The van der Waals surface area contributed by atoms with Crippen LogP contribution in [0.1, 0.15) is 0 Å². The number of thioether (sulfide) groups is 1. The summed E-state index contributed by atoms with van der Waals surface area (Å²) in [6.07, 6.45) is 0. The number of nitrogens with zero attached hydrogens (tertiary/aromatic N) is 1. The lowest BCUT2D eigenvalue weighted by atomic mass is 10.4. The van der Waals surface area contributed by atoms with Crippen LogP contribution >= 0.6 is 27.7 Å². The average Bonchev–Trinajstić information content (AvgIpc) is 2.36. The highest BCUT2D eigenvalue weighted by molar-refractivity contribution is 9.10. The molecule has 0 aliphatic rings. The predicted octanol–water partition coefficient (Wildman–Crippen LogP) is 1.54. The van der Waals surface area contributed by atoms with E-state index in [2.05, 4.69) is 15.9 Å². The number of carboxylic acids is 2. The fraction of sp³-hybridized carbons (Fsp3) is 0.250. The number of benzene rings is 1. The first-order chi connectivity index (χ1) is 9.38. The summed E-state index contributed by atoms with van der Waals surface area (Å²) in [6, 6.07) is 7.25. The van der Waals surface area contributed by atoms with Crippen LogP contribution in [0.15, 0.2) is 33.6 Å². The average molecular weight is 362 g/mol. The van der Waals surface area contributed by atoms with Gasteiger partial charge in [-0.15, -0.1) is 11.8 Å². The Morgan fingerprint density at radius 3 is 2.00 bits per heavy atom. The summed E-state index contributed by atoms with van der Waals surface area (Å²) < 4.78 is 0.909. The smallest absolute Gasteiger partial charge is 0.323 e. The van der Waals surface area contributed by atoms with Gasteiger partial charge in [0.05, 0.1) is 5.75 Å². The monoisotopic (exact) mass is 361 g/mol. The quantitative estimate of drug-likeness (QED) is 0.715. The molecule has 0 saturated carbocycles. The Kier molecular flexibility index (Phi) is 6.53. The molecule has 0 radical (unpaired) electrons. The van der Waals surface area contributed by atoms with E-state index in [1.54, 1.807) is 12.1 Å². The van der Waals surface area contributed by atoms with E-state index in [0.29, 0.717) is 0 Å². The third-order valence-corrected chi connectivity index (χ3v) is 3.71. The van der Waals surface area contributed by atoms with Gasteiger partial charge in [-0.2, -0.15) is 0 Å². The normalized spacial score (nSPS) is 10.1. The second-order valence-corrected chi connectivity index (χ2v) is 5.74. The van der Waals surface area contributed by atoms with E-state index < -0.39 is 30.9 Å². The molecule has 0 unspecified atom stereocenters. The van der Waals surface area contributed by atoms with Gasteiger partial charge in [-0.05, 0) is 24.3 Å². The van der Waals surface area contributed by atoms with E-state index in [1.807, 2.05) is 12.1 Å². The Balaban J connectivity index is 2.58. The van der Waals surface area contributed by atoms with Crippen molar-refractivity contribution in [3.63, 3.8) is 0 Å². The summed E-state index contributed by atoms with van der Waals surface area (Å²) in [5, 5.41) is 17.3. The van der Waals surface area contributed by atoms with Crippen molar-refractivity contribution in [2.45, 2.75) is 4.90 Å². The van der Waals surface area contributed by atoms with Gasteiger partial charge in [0.25, 0.3) is 0 Å². The maximum absolute atomic E-state index is 11.8. The van der Waals surface area contributed by atoms with Crippen LogP contribution in [0.3, 0.4) is 0 Å². The zero-order valence-corrected chi connectivity index (χ0v) is 12.7. The molecule has 2 N–H and O–H groups in total. The van der Waals surface area contributed by atoms with Gasteiger partial charge in [-0.1, -0.05) is 15.9 Å². The number of carboxylic acid groups (broad SMARTS) is 2. The van der Waals surface area contributed by atoms with Gasteiger partial charge in [-0.25, -0.2) is 0 Å². The van der Waals surface area contributed by atoms with Crippen molar-refractivity contribution in [2.75, 3.05) is 18.8 Å². The van der Waals surface area contributed by atoms with Gasteiger partial charge in [0.2, 0.25) is 5.91 Å². The Morgan fingerprint density at radius 2 is 1.55 bits per heavy atom. The molecule has 8 heteroatoms. The predicted molar refractivity (Wildman–Crippen MR) is 76.7 cm³/mol. The first kappa shape index (κ1) is 16.5. The summed E-state index contributed by atoms with van der Waals surface area (Å²) in [5.74, 6) is -3.02. The van der Waals surface area contributed by atoms with Crippen LogP contribution in [-0.2, 0) is 14.4 Å². The zero-order chi connectivity index (χ0) is 15.1. The number of hydrogen-bond donors (Lipinski definition) is 2. The molecule has 108 valence electrons. The highest BCUT2D eigenvalue weighted by atomic mass is 79.9. The van der Waals surface area contributed by atoms with Gasteiger partial charge in [0.15, 0.2) is 0 Å². The molecule has 20 heavy (non-hydrogen) atoms. The van der Waals surface area contributed by atoms with Crippen LogP contribution < -0.4 is 0 Å². The van der Waals surface area contributed by atoms with Crippen molar-refractivity contribution in [1.29, 1.82) is 0 Å². The number of hydrogen-bond acceptors (Lipinski definition) is 4. The number of carbonyl (C=O) groups is 3. The second-order valence-electron chi connectivity index (χ2n) is 3.78. The van der Waals surface area contributed by atoms with E-state index >= 15 is 0 Å². The lowest BCUT2D eigenvalue weighted by Crippen LogP contribution is -2.40. The van der Waals surface area contributed by atoms with Crippen LogP contribution in [0.4, 0.5) is 0 Å². The molecule has 0 atom stereocenters. The van der Waals surface area contributed by atoms with Crippen molar-refractivity contribution in [3.05, 3.63) is 28.7 Å². The minimum atomic E-state index is -1.24. The molecular weight excluding hydrogens is 350 g/mol. The molecule has 0 fully saturated rings. The van der Waals surface area contributed by atoms with Crippen molar-refractivity contribution < 1.29 is 24.6 Å². The molecule has 0 saturated heterocycles. The van der Waals surface area contributed by atoms with Crippen molar-refractivity contribution in [3.8, 4) is 0 Å². The molecule has 6 nitrogen and oxygen atoms in total. The van der Waals surface area contributed by atoms with Crippen LogP contribution in [0.25, 0.3) is 0 Å². The van der Waals surface area contributed by atoms with E-state index in [0.717, 1.165) is 14.3 Å². The molecule has 1 aromatic rings.